The molecule has 2 aromatic rings. The lowest BCUT2D eigenvalue weighted by Gasteiger charge is -2.26. The van der Waals surface area contributed by atoms with Crippen LogP contribution in [-0.2, 0) is 14.3 Å². The number of nitrogens with one attached hydrogen (secondary N) is 1. The van der Waals surface area contributed by atoms with Crippen LogP contribution in [0.1, 0.15) is 29.8 Å². The maximum absolute atomic E-state index is 13.1. The zero-order valence-corrected chi connectivity index (χ0v) is 18.6. The van der Waals surface area contributed by atoms with Crippen molar-refractivity contribution in [1.29, 1.82) is 0 Å². The van der Waals surface area contributed by atoms with Gasteiger partial charge in [-0.05, 0) is 62.4 Å². The summed E-state index contributed by atoms with van der Waals surface area (Å²) < 4.78 is 11.1. The number of carbonyl (C=O) groups excluding carboxylic acids is 4. The van der Waals surface area contributed by atoms with Crippen LogP contribution >= 0.6 is 15.9 Å². The van der Waals surface area contributed by atoms with E-state index >= 15 is 0 Å². The van der Waals surface area contributed by atoms with Crippen molar-refractivity contribution in [2.24, 2.45) is 0 Å². The van der Waals surface area contributed by atoms with Gasteiger partial charge in [0.2, 0.25) is 0 Å². The van der Waals surface area contributed by atoms with Crippen molar-refractivity contribution in [3.05, 3.63) is 63.6 Å². The van der Waals surface area contributed by atoms with E-state index in [9.17, 15) is 19.2 Å². The third kappa shape index (κ3) is 4.83. The average Bonchev–Trinajstić information content (AvgIpc) is 2.72. The standard InChI is InChI=1S/C22H19BrN2O6/c1-12(2)31-18-9-6-15(23)10-14(18)11-17-19(26)24-22(29)25(20(17)27)16-7-4-13(5-8-16)21(28)30-3/h4-12H,1-3H3,(H,24,26,29)/b17-11+. The number of amides is 4. The molecule has 9 heteroatoms. The minimum absolute atomic E-state index is 0.124. The summed E-state index contributed by atoms with van der Waals surface area (Å²) in [7, 11) is 1.25. The minimum Gasteiger partial charge on any atom is -0.490 e. The SMILES string of the molecule is COC(=O)c1ccc(N2C(=O)NC(=O)/C(=C\c3cc(Br)ccc3OC(C)C)C2=O)cc1. The molecular weight excluding hydrogens is 468 g/mol. The fourth-order valence-electron chi connectivity index (χ4n) is 2.91. The fourth-order valence-corrected chi connectivity index (χ4v) is 3.28. The van der Waals surface area contributed by atoms with Gasteiger partial charge in [0.15, 0.2) is 0 Å². The predicted molar refractivity (Wildman–Crippen MR) is 117 cm³/mol. The third-order valence-electron chi connectivity index (χ3n) is 4.28. The molecule has 4 amide bonds. The Balaban J connectivity index is 2.00. The number of benzene rings is 2. The highest BCUT2D eigenvalue weighted by Gasteiger charge is 2.37. The van der Waals surface area contributed by atoms with E-state index in [0.29, 0.717) is 11.3 Å². The number of nitrogens with zero attached hydrogens (tertiary/aromatic N) is 1. The molecule has 1 aliphatic rings. The molecule has 2 aromatic carbocycles. The molecule has 0 aliphatic carbocycles. The van der Waals surface area contributed by atoms with Gasteiger partial charge in [-0.25, -0.2) is 14.5 Å². The molecule has 0 radical (unpaired) electrons. The Hall–Kier alpha value is -3.46. The number of esters is 1. The Kier molecular flexibility index (Phi) is 6.55. The van der Waals surface area contributed by atoms with Gasteiger partial charge in [0.1, 0.15) is 11.3 Å². The van der Waals surface area contributed by atoms with Crippen LogP contribution in [0.3, 0.4) is 0 Å². The zero-order chi connectivity index (χ0) is 22.7. The van der Waals surface area contributed by atoms with Crippen molar-refractivity contribution in [2.75, 3.05) is 12.0 Å². The number of methoxy groups -OCH3 is 1. The summed E-state index contributed by atoms with van der Waals surface area (Å²) in [5.41, 5.74) is 0.717. The summed E-state index contributed by atoms with van der Waals surface area (Å²) >= 11 is 3.37. The van der Waals surface area contributed by atoms with Crippen LogP contribution in [0.2, 0.25) is 0 Å². The van der Waals surface area contributed by atoms with Gasteiger partial charge in [0.05, 0.1) is 24.5 Å². The van der Waals surface area contributed by atoms with E-state index in [4.69, 9.17) is 4.74 Å². The molecule has 0 unspecified atom stereocenters. The topological polar surface area (TPSA) is 102 Å². The number of hydrogen-bond donors (Lipinski definition) is 1. The Morgan fingerprint density at radius 1 is 1.10 bits per heavy atom. The number of halogens is 1. The van der Waals surface area contributed by atoms with Crippen LogP contribution in [0.5, 0.6) is 5.75 Å². The fraction of sp³-hybridized carbons (Fsp3) is 0.182. The van der Waals surface area contributed by atoms with Gasteiger partial charge in [-0.3, -0.25) is 14.9 Å². The van der Waals surface area contributed by atoms with Crippen LogP contribution < -0.4 is 15.0 Å². The van der Waals surface area contributed by atoms with E-state index < -0.39 is 23.8 Å². The largest absolute Gasteiger partial charge is 0.490 e. The van der Waals surface area contributed by atoms with E-state index in [1.54, 1.807) is 18.2 Å². The quantitative estimate of drug-likeness (QED) is 0.392. The van der Waals surface area contributed by atoms with Gasteiger partial charge in [0, 0.05) is 10.0 Å². The number of carbonyl (C=O) groups is 4. The van der Waals surface area contributed by atoms with Gasteiger partial charge < -0.3 is 9.47 Å². The highest BCUT2D eigenvalue weighted by Crippen LogP contribution is 2.28. The summed E-state index contributed by atoms with van der Waals surface area (Å²) in [6.07, 6.45) is 1.25. The highest BCUT2D eigenvalue weighted by molar-refractivity contribution is 9.10. The van der Waals surface area contributed by atoms with Crippen molar-refractivity contribution in [1.82, 2.24) is 5.32 Å². The van der Waals surface area contributed by atoms with Gasteiger partial charge in [-0.2, -0.15) is 0 Å². The van der Waals surface area contributed by atoms with Crippen molar-refractivity contribution in [3.8, 4) is 5.75 Å². The number of hydrogen-bond acceptors (Lipinski definition) is 6. The number of ether oxygens (including phenoxy) is 2. The van der Waals surface area contributed by atoms with E-state index in [1.807, 2.05) is 13.8 Å². The Labute approximate surface area is 186 Å². The van der Waals surface area contributed by atoms with Crippen LogP contribution in [0.25, 0.3) is 6.08 Å². The lowest BCUT2D eigenvalue weighted by molar-refractivity contribution is -0.122. The van der Waals surface area contributed by atoms with Gasteiger partial charge in [-0.15, -0.1) is 0 Å². The van der Waals surface area contributed by atoms with Crippen LogP contribution in [-0.4, -0.2) is 37.0 Å². The first kappa shape index (κ1) is 22.2. The molecule has 1 N–H and O–H groups in total. The smallest absolute Gasteiger partial charge is 0.337 e. The average molecular weight is 487 g/mol. The summed E-state index contributed by atoms with van der Waals surface area (Å²) in [6.45, 7) is 3.71. The predicted octanol–water partition coefficient (Wildman–Crippen LogP) is 3.69. The molecule has 1 saturated heterocycles. The molecule has 160 valence electrons. The molecule has 1 aliphatic heterocycles. The summed E-state index contributed by atoms with van der Waals surface area (Å²) in [5, 5.41) is 2.17. The van der Waals surface area contributed by atoms with Crippen LogP contribution in [0, 0.1) is 0 Å². The molecule has 0 saturated carbocycles. The summed E-state index contributed by atoms with van der Waals surface area (Å²) in [4.78, 5) is 50.3. The summed E-state index contributed by atoms with van der Waals surface area (Å²) in [5.74, 6) is -1.68. The molecule has 0 atom stereocenters. The first-order valence-electron chi connectivity index (χ1n) is 9.27. The number of barbiturate groups is 1. The summed E-state index contributed by atoms with van der Waals surface area (Å²) in [6, 6.07) is 10.0. The molecular formula is C22H19BrN2O6. The molecule has 0 bridgehead atoms. The van der Waals surface area contributed by atoms with Gasteiger partial charge >= 0.3 is 12.0 Å². The Morgan fingerprint density at radius 2 is 1.77 bits per heavy atom. The van der Waals surface area contributed by atoms with Gasteiger partial charge in [0.25, 0.3) is 11.8 Å². The highest BCUT2D eigenvalue weighted by atomic mass is 79.9. The number of anilines is 1. The van der Waals surface area contributed by atoms with Crippen molar-refractivity contribution in [3.63, 3.8) is 0 Å². The van der Waals surface area contributed by atoms with Crippen LogP contribution in [0.15, 0.2) is 52.5 Å². The molecule has 1 fully saturated rings. The molecule has 0 spiro atoms. The lowest BCUT2D eigenvalue weighted by Crippen LogP contribution is -2.54. The van der Waals surface area contributed by atoms with Crippen molar-refractivity contribution < 1.29 is 28.7 Å². The minimum atomic E-state index is -0.883. The second-order valence-electron chi connectivity index (χ2n) is 6.85. The van der Waals surface area contributed by atoms with Gasteiger partial charge in [-0.1, -0.05) is 15.9 Å². The second kappa shape index (κ2) is 9.13. The first-order chi connectivity index (χ1) is 14.7. The van der Waals surface area contributed by atoms with E-state index in [0.717, 1.165) is 9.37 Å². The molecule has 8 nitrogen and oxygen atoms in total. The molecule has 1 heterocycles. The third-order valence-corrected chi connectivity index (χ3v) is 4.78. The van der Waals surface area contributed by atoms with E-state index in [2.05, 4.69) is 26.0 Å². The maximum Gasteiger partial charge on any atom is 0.337 e. The van der Waals surface area contributed by atoms with E-state index in [1.165, 1.54) is 37.5 Å². The first-order valence-corrected chi connectivity index (χ1v) is 10.1. The number of rotatable bonds is 5. The normalized spacial score (nSPS) is 15.3. The van der Waals surface area contributed by atoms with Crippen molar-refractivity contribution >= 4 is 51.5 Å². The molecule has 31 heavy (non-hydrogen) atoms. The zero-order valence-electron chi connectivity index (χ0n) is 17.0. The second-order valence-corrected chi connectivity index (χ2v) is 7.76. The number of imide groups is 2. The Morgan fingerprint density at radius 3 is 2.39 bits per heavy atom. The maximum atomic E-state index is 13.1. The van der Waals surface area contributed by atoms with Crippen LogP contribution in [0.4, 0.5) is 10.5 Å². The number of urea groups is 1. The van der Waals surface area contributed by atoms with E-state index in [-0.39, 0.29) is 22.9 Å². The Bertz CT molecular complexity index is 1090. The molecule has 0 aromatic heterocycles. The molecule has 3 rings (SSSR count). The van der Waals surface area contributed by atoms with Crippen molar-refractivity contribution in [2.45, 2.75) is 20.0 Å². The monoisotopic (exact) mass is 486 g/mol. The lowest BCUT2D eigenvalue weighted by atomic mass is 10.1.